The summed E-state index contributed by atoms with van der Waals surface area (Å²) in [5.41, 5.74) is 0.560. The van der Waals surface area contributed by atoms with Gasteiger partial charge in [0.15, 0.2) is 0 Å². The minimum absolute atomic E-state index is 0.0577. The number of aromatic nitrogens is 2. The zero-order valence-electron chi connectivity index (χ0n) is 18.6. The number of benzene rings is 2. The first-order valence-corrected chi connectivity index (χ1v) is 12.5. The number of pyridine rings is 1. The molecule has 36 heavy (non-hydrogen) atoms. The molecule has 2 aromatic carbocycles. The van der Waals surface area contributed by atoms with E-state index in [4.69, 9.17) is 4.42 Å². The number of aromatic amines is 1. The number of carbonyl (C=O) groups excluding carboxylic acids is 2. The molecule has 5 rings (SSSR count). The Bertz CT molecular complexity index is 1890. The summed E-state index contributed by atoms with van der Waals surface area (Å²) in [5.74, 6) is -2.55. The van der Waals surface area contributed by atoms with Crippen LogP contribution < -0.4 is 10.3 Å². The fraction of sp³-hybridized carbons (Fsp3) is 0.0800. The van der Waals surface area contributed by atoms with E-state index in [-0.39, 0.29) is 28.9 Å². The molecule has 1 atom stereocenters. The third-order valence-corrected chi connectivity index (χ3v) is 6.65. The highest BCUT2D eigenvalue weighted by Crippen LogP contribution is 2.39. The van der Waals surface area contributed by atoms with Crippen LogP contribution in [0.25, 0.3) is 33.0 Å². The van der Waals surface area contributed by atoms with Crippen LogP contribution >= 0.6 is 0 Å². The zero-order chi connectivity index (χ0) is 25.6. The van der Waals surface area contributed by atoms with E-state index >= 15 is 0 Å². The molecule has 0 fully saturated rings. The summed E-state index contributed by atoms with van der Waals surface area (Å²) in [6, 6.07) is 11.1. The van der Waals surface area contributed by atoms with Crippen molar-refractivity contribution in [3.05, 3.63) is 94.2 Å². The lowest BCUT2D eigenvalue weighted by Gasteiger charge is -2.13. The third-order valence-electron chi connectivity index (χ3n) is 5.75. The molecule has 0 spiro atoms. The normalized spacial score (nSPS) is 13.0. The Balaban J connectivity index is 1.93. The van der Waals surface area contributed by atoms with E-state index in [1.165, 1.54) is 34.4 Å². The molecule has 8 nitrogen and oxygen atoms in total. The Morgan fingerprint density at radius 1 is 1.19 bits per heavy atom. The van der Waals surface area contributed by atoms with Crippen LogP contribution in [0.3, 0.4) is 0 Å². The highest BCUT2D eigenvalue weighted by atomic mass is 32.2. The smallest absolute Gasteiger partial charge is 0.280 e. The largest absolute Gasteiger partial charge is 0.464 e. The molecule has 0 saturated heterocycles. The van der Waals surface area contributed by atoms with Crippen LogP contribution in [0.1, 0.15) is 16.1 Å². The van der Waals surface area contributed by atoms with Crippen molar-refractivity contribution in [2.24, 2.45) is 0 Å². The number of nitrogens with zero attached hydrogens (tertiary/aromatic N) is 1. The molecule has 1 unspecified atom stereocenters. The standard InChI is InChI=1S/C25H17F2N3O5S/c1-36(34,13-31)29-25(33)23-22(17-3-2-9-28-24(17)32)21-16-8-10-35-20(16)7-6-19(21)30(23)12-14-4-5-15(26)11-18(14)27/h2-11H,12H2,1H3,(H,28,32)(H,29,33,34). The Labute approximate surface area is 202 Å². The van der Waals surface area contributed by atoms with E-state index in [9.17, 15) is 27.4 Å². The predicted octanol–water partition coefficient (Wildman–Crippen LogP) is 3.70. The van der Waals surface area contributed by atoms with E-state index < -0.39 is 32.8 Å². The number of carbonyl (C=O) groups is 1. The summed E-state index contributed by atoms with van der Waals surface area (Å²) >= 11 is 0. The second-order valence-corrected chi connectivity index (χ2v) is 10.2. The second-order valence-electron chi connectivity index (χ2n) is 8.11. The van der Waals surface area contributed by atoms with Gasteiger partial charge < -0.3 is 14.0 Å². The molecular formula is C25H17F2N3O5S. The highest BCUT2D eigenvalue weighted by Gasteiger charge is 2.28. The molecule has 0 saturated carbocycles. The number of hydrogen-bond donors (Lipinski definition) is 2. The van der Waals surface area contributed by atoms with Crippen LogP contribution in [0.5, 0.6) is 0 Å². The molecule has 0 aliphatic carbocycles. The second kappa shape index (κ2) is 8.63. The molecule has 1 amide bonds. The maximum absolute atomic E-state index is 14.7. The topological polar surface area (TPSA) is 114 Å². The first-order valence-electron chi connectivity index (χ1n) is 10.5. The van der Waals surface area contributed by atoms with E-state index in [0.29, 0.717) is 21.9 Å². The van der Waals surface area contributed by atoms with Crippen molar-refractivity contribution >= 4 is 42.7 Å². The lowest BCUT2D eigenvalue weighted by molar-refractivity contribution is 0.0975. The van der Waals surface area contributed by atoms with Gasteiger partial charge in [-0.05, 0) is 36.4 Å². The van der Waals surface area contributed by atoms with E-state index in [1.807, 2.05) is 0 Å². The molecule has 0 bridgehead atoms. The fourth-order valence-electron chi connectivity index (χ4n) is 4.24. The first kappa shape index (κ1) is 23.3. The van der Waals surface area contributed by atoms with Crippen molar-refractivity contribution in [3.63, 3.8) is 0 Å². The van der Waals surface area contributed by atoms with Gasteiger partial charge in [-0.25, -0.2) is 17.8 Å². The number of nitrogens with one attached hydrogen (secondary N) is 2. The van der Waals surface area contributed by atoms with Gasteiger partial charge in [-0.3, -0.25) is 14.3 Å². The van der Waals surface area contributed by atoms with Gasteiger partial charge >= 0.3 is 0 Å². The molecule has 3 heterocycles. The molecule has 0 aliphatic rings. The first-order chi connectivity index (χ1) is 17.2. The quantitative estimate of drug-likeness (QED) is 0.351. The molecule has 2 N–H and O–H groups in total. The van der Waals surface area contributed by atoms with Crippen LogP contribution in [0.4, 0.5) is 8.78 Å². The minimum Gasteiger partial charge on any atom is -0.464 e. The summed E-state index contributed by atoms with van der Waals surface area (Å²) < 4.78 is 49.8. The van der Waals surface area contributed by atoms with Crippen molar-refractivity contribution < 1.29 is 27.0 Å². The van der Waals surface area contributed by atoms with Crippen LogP contribution in [0.2, 0.25) is 0 Å². The molecule has 182 valence electrons. The predicted molar refractivity (Wildman–Crippen MR) is 130 cm³/mol. The van der Waals surface area contributed by atoms with Crippen molar-refractivity contribution in [1.29, 1.82) is 0 Å². The lowest BCUT2D eigenvalue weighted by Crippen LogP contribution is -2.32. The summed E-state index contributed by atoms with van der Waals surface area (Å²) in [7, 11) is -3.54. The zero-order valence-corrected chi connectivity index (χ0v) is 19.4. The van der Waals surface area contributed by atoms with Gasteiger partial charge in [0.2, 0.25) is 5.23 Å². The van der Waals surface area contributed by atoms with Gasteiger partial charge in [-0.2, -0.15) is 0 Å². The molecule has 3 aromatic heterocycles. The average molecular weight is 509 g/mol. The molecule has 11 heteroatoms. The number of halogens is 2. The van der Waals surface area contributed by atoms with Gasteiger partial charge in [0.05, 0.1) is 18.3 Å². The Kier molecular flexibility index (Phi) is 5.58. The summed E-state index contributed by atoms with van der Waals surface area (Å²) in [5, 5.41) is 2.32. The molecular weight excluding hydrogens is 492 g/mol. The van der Waals surface area contributed by atoms with E-state index in [2.05, 4.69) is 9.71 Å². The van der Waals surface area contributed by atoms with Gasteiger partial charge in [-0.1, -0.05) is 6.07 Å². The summed E-state index contributed by atoms with van der Waals surface area (Å²) in [6.07, 6.45) is 3.88. The number of hydrogen-bond acceptors (Lipinski definition) is 5. The van der Waals surface area contributed by atoms with Crippen molar-refractivity contribution in [3.8, 4) is 11.1 Å². The molecule has 0 aliphatic heterocycles. The van der Waals surface area contributed by atoms with E-state index in [1.54, 1.807) is 24.3 Å². The maximum Gasteiger partial charge on any atom is 0.280 e. The van der Waals surface area contributed by atoms with Gasteiger partial charge in [0.25, 0.3) is 11.5 Å². The van der Waals surface area contributed by atoms with Crippen molar-refractivity contribution in [2.75, 3.05) is 6.26 Å². The monoisotopic (exact) mass is 509 g/mol. The average Bonchev–Trinajstić information content (AvgIpc) is 3.43. The Morgan fingerprint density at radius 3 is 2.72 bits per heavy atom. The number of amides is 1. The Morgan fingerprint density at radius 2 is 2.00 bits per heavy atom. The third kappa shape index (κ3) is 3.90. The molecule has 0 radical (unpaired) electrons. The van der Waals surface area contributed by atoms with Gasteiger partial charge in [0.1, 0.15) is 32.6 Å². The van der Waals surface area contributed by atoms with E-state index in [0.717, 1.165) is 18.4 Å². The number of rotatable bonds is 5. The Hall–Kier alpha value is -4.47. The fourth-order valence-corrected chi connectivity index (χ4v) is 4.73. The van der Waals surface area contributed by atoms with Crippen molar-refractivity contribution in [1.82, 2.24) is 14.3 Å². The number of furan rings is 1. The van der Waals surface area contributed by atoms with Crippen LogP contribution in [0.15, 0.2) is 70.2 Å². The van der Waals surface area contributed by atoms with Crippen LogP contribution in [-0.4, -0.2) is 31.2 Å². The molecule has 5 aromatic rings. The minimum atomic E-state index is -3.54. The van der Waals surface area contributed by atoms with Gasteiger partial charge in [0, 0.05) is 46.0 Å². The van der Waals surface area contributed by atoms with Crippen LogP contribution in [0, 0.1) is 11.6 Å². The number of fused-ring (bicyclic) bond motifs is 3. The summed E-state index contributed by atoms with van der Waals surface area (Å²) in [4.78, 5) is 40.2. The van der Waals surface area contributed by atoms with Crippen LogP contribution in [-0.2, 0) is 21.0 Å². The summed E-state index contributed by atoms with van der Waals surface area (Å²) in [6.45, 7) is -0.241. The number of H-pyrrole nitrogens is 1. The maximum atomic E-state index is 14.7. The SMILES string of the molecule is CS(=O)(=C=O)NC(=O)c1c(-c2ccc[nH]c2=O)c2c3ccoc3ccc2n1Cc1ccc(F)cc1F. The lowest BCUT2D eigenvalue weighted by atomic mass is 10.0. The van der Waals surface area contributed by atoms with Crippen molar-refractivity contribution in [2.45, 2.75) is 6.54 Å². The van der Waals surface area contributed by atoms with Gasteiger partial charge in [-0.15, -0.1) is 0 Å². The highest BCUT2D eigenvalue weighted by molar-refractivity contribution is 7.98.